The van der Waals surface area contributed by atoms with Crippen LogP contribution in [0.1, 0.15) is 27.7 Å². The first-order valence-corrected chi connectivity index (χ1v) is 10.9. The van der Waals surface area contributed by atoms with Crippen LogP contribution < -0.4 is 10.6 Å². The fourth-order valence-electron chi connectivity index (χ4n) is 3.32. The summed E-state index contributed by atoms with van der Waals surface area (Å²) < 4.78 is 0. The van der Waals surface area contributed by atoms with Crippen LogP contribution >= 0.6 is 0 Å². The number of carbonyl (C=O) groups is 2. The monoisotopic (exact) mass is 398 g/mol. The number of nitrogens with one attached hydrogen (secondary N) is 2. The van der Waals surface area contributed by atoms with Crippen LogP contribution in [0.5, 0.6) is 0 Å². The normalized spacial score (nSPS) is 22.3. The molecular weight excluding hydrogens is 356 g/mol. The van der Waals surface area contributed by atoms with Crippen molar-refractivity contribution in [1.29, 1.82) is 0 Å². The Bertz CT molecular complexity index is 408. The van der Waals surface area contributed by atoms with Crippen LogP contribution in [0.4, 0.5) is 0 Å². The summed E-state index contributed by atoms with van der Waals surface area (Å²) in [6.45, 7) is 19.9. The van der Waals surface area contributed by atoms with Gasteiger partial charge in [0.15, 0.2) is 0 Å². The molecule has 0 spiro atoms. The molecule has 2 amide bonds. The minimum absolute atomic E-state index is 0.0209. The van der Waals surface area contributed by atoms with Gasteiger partial charge in [-0.05, 0) is 26.2 Å². The van der Waals surface area contributed by atoms with E-state index in [0.717, 1.165) is 65.4 Å². The summed E-state index contributed by atoms with van der Waals surface area (Å²) in [6.07, 6.45) is 0. The summed E-state index contributed by atoms with van der Waals surface area (Å²) in [5, 5.41) is 5.81. The first-order chi connectivity index (χ1) is 13.5. The summed E-state index contributed by atoms with van der Waals surface area (Å²) in [5.41, 5.74) is 0. The third-order valence-corrected chi connectivity index (χ3v) is 5.49. The number of amides is 2. The van der Waals surface area contributed by atoms with Gasteiger partial charge in [0.2, 0.25) is 11.8 Å². The second-order valence-corrected chi connectivity index (χ2v) is 7.31. The lowest BCUT2D eigenvalue weighted by Gasteiger charge is -2.30. The van der Waals surface area contributed by atoms with Crippen molar-refractivity contribution in [3.05, 3.63) is 0 Å². The minimum Gasteiger partial charge on any atom is -0.353 e. The molecule has 0 radical (unpaired) electrons. The van der Waals surface area contributed by atoms with Gasteiger partial charge in [-0.25, -0.2) is 0 Å². The standard InChI is InChI=1S/C20H42N6O2/c1-5-23-11-12-24(6-2)14-16-26(8-4)18-20(28)22-10-9-21-19(27)17-25(7-3)15-13-23/h5-18H2,1-4H3,(H,21,27)(H,22,28). The maximum absolute atomic E-state index is 12.2. The fourth-order valence-corrected chi connectivity index (χ4v) is 3.32. The Morgan fingerprint density at radius 2 is 0.857 bits per heavy atom. The number of hydrogen-bond donors (Lipinski definition) is 2. The highest BCUT2D eigenvalue weighted by Crippen LogP contribution is 1.97. The van der Waals surface area contributed by atoms with Gasteiger partial charge >= 0.3 is 0 Å². The molecule has 1 saturated heterocycles. The highest BCUT2D eigenvalue weighted by molar-refractivity contribution is 5.79. The van der Waals surface area contributed by atoms with Gasteiger partial charge in [-0.3, -0.25) is 19.4 Å². The van der Waals surface area contributed by atoms with Crippen molar-refractivity contribution in [3.8, 4) is 0 Å². The molecule has 8 nitrogen and oxygen atoms in total. The van der Waals surface area contributed by atoms with Crippen molar-refractivity contribution < 1.29 is 9.59 Å². The smallest absolute Gasteiger partial charge is 0.234 e. The van der Waals surface area contributed by atoms with Crippen LogP contribution in [-0.4, -0.2) is 123 Å². The highest BCUT2D eigenvalue weighted by atomic mass is 16.2. The van der Waals surface area contributed by atoms with Crippen LogP contribution in [-0.2, 0) is 9.59 Å². The Labute approximate surface area is 171 Å². The molecule has 0 aromatic heterocycles. The molecule has 0 unspecified atom stereocenters. The lowest BCUT2D eigenvalue weighted by Crippen LogP contribution is -2.46. The predicted octanol–water partition coefficient (Wildman–Crippen LogP) is -0.480. The third kappa shape index (κ3) is 10.4. The number of likely N-dealkylation sites (N-methyl/N-ethyl adjacent to an activating group) is 4. The molecule has 1 fully saturated rings. The Balaban J connectivity index is 2.71. The molecule has 1 aliphatic rings. The van der Waals surface area contributed by atoms with Crippen molar-refractivity contribution in [3.63, 3.8) is 0 Å². The topological polar surface area (TPSA) is 71.2 Å². The molecule has 8 heteroatoms. The van der Waals surface area contributed by atoms with Crippen LogP contribution in [0, 0.1) is 0 Å². The molecule has 0 bridgehead atoms. The highest BCUT2D eigenvalue weighted by Gasteiger charge is 2.14. The van der Waals surface area contributed by atoms with Gasteiger partial charge in [0.05, 0.1) is 13.1 Å². The molecule has 1 heterocycles. The zero-order valence-electron chi connectivity index (χ0n) is 18.5. The Morgan fingerprint density at radius 3 is 1.14 bits per heavy atom. The lowest BCUT2D eigenvalue weighted by molar-refractivity contribution is -0.124. The molecule has 0 aliphatic carbocycles. The minimum atomic E-state index is 0.0209. The summed E-state index contributed by atoms with van der Waals surface area (Å²) >= 11 is 0. The van der Waals surface area contributed by atoms with Crippen molar-refractivity contribution in [2.75, 3.05) is 91.6 Å². The molecule has 0 saturated carbocycles. The summed E-state index contributed by atoms with van der Waals surface area (Å²) in [6, 6.07) is 0. The van der Waals surface area contributed by atoms with Crippen LogP contribution in [0.2, 0.25) is 0 Å². The number of nitrogens with zero attached hydrogens (tertiary/aromatic N) is 4. The van der Waals surface area contributed by atoms with Gasteiger partial charge in [-0.2, -0.15) is 0 Å². The number of carbonyl (C=O) groups excluding carboxylic acids is 2. The quantitative estimate of drug-likeness (QED) is 0.667. The molecule has 0 aromatic carbocycles. The lowest BCUT2D eigenvalue weighted by atomic mass is 10.3. The number of rotatable bonds is 4. The van der Waals surface area contributed by atoms with E-state index in [0.29, 0.717) is 26.2 Å². The zero-order valence-corrected chi connectivity index (χ0v) is 18.5. The third-order valence-electron chi connectivity index (χ3n) is 5.49. The first-order valence-electron chi connectivity index (χ1n) is 10.9. The van der Waals surface area contributed by atoms with E-state index in [1.54, 1.807) is 0 Å². The average Bonchev–Trinajstić information content (AvgIpc) is 2.70. The van der Waals surface area contributed by atoms with Gasteiger partial charge in [0.1, 0.15) is 0 Å². The Hall–Kier alpha value is -1.22. The van der Waals surface area contributed by atoms with Crippen molar-refractivity contribution in [2.45, 2.75) is 27.7 Å². The van der Waals surface area contributed by atoms with E-state index in [1.165, 1.54) is 0 Å². The second-order valence-electron chi connectivity index (χ2n) is 7.31. The van der Waals surface area contributed by atoms with Crippen molar-refractivity contribution >= 4 is 11.8 Å². The summed E-state index contributed by atoms with van der Waals surface area (Å²) in [5.74, 6) is 0.0419. The predicted molar refractivity (Wildman–Crippen MR) is 114 cm³/mol. The molecule has 1 aliphatic heterocycles. The molecule has 1 rings (SSSR count). The van der Waals surface area contributed by atoms with E-state index in [4.69, 9.17) is 0 Å². The van der Waals surface area contributed by atoms with E-state index in [1.807, 2.05) is 0 Å². The van der Waals surface area contributed by atoms with E-state index >= 15 is 0 Å². The fraction of sp³-hybridized carbons (Fsp3) is 0.900. The zero-order chi connectivity index (χ0) is 20.8. The Morgan fingerprint density at radius 1 is 0.571 bits per heavy atom. The van der Waals surface area contributed by atoms with E-state index in [2.05, 4.69) is 57.9 Å². The molecule has 164 valence electrons. The SMILES string of the molecule is CCN1CCN(CC)CCN(CC)CC(=O)NCCNC(=O)CN(CC)CC1. The van der Waals surface area contributed by atoms with Gasteiger partial charge in [-0.1, -0.05) is 27.7 Å². The second kappa shape index (κ2) is 14.7. The van der Waals surface area contributed by atoms with Gasteiger partial charge < -0.3 is 20.4 Å². The van der Waals surface area contributed by atoms with Crippen LogP contribution in [0.3, 0.4) is 0 Å². The molecule has 2 N–H and O–H groups in total. The molecular formula is C20H42N6O2. The maximum atomic E-state index is 12.2. The summed E-state index contributed by atoms with van der Waals surface area (Å²) in [7, 11) is 0. The molecule has 28 heavy (non-hydrogen) atoms. The average molecular weight is 399 g/mol. The van der Waals surface area contributed by atoms with E-state index in [-0.39, 0.29) is 11.8 Å². The van der Waals surface area contributed by atoms with Crippen molar-refractivity contribution in [2.24, 2.45) is 0 Å². The van der Waals surface area contributed by atoms with Crippen LogP contribution in [0.25, 0.3) is 0 Å². The van der Waals surface area contributed by atoms with Crippen LogP contribution in [0.15, 0.2) is 0 Å². The largest absolute Gasteiger partial charge is 0.353 e. The van der Waals surface area contributed by atoms with E-state index in [9.17, 15) is 9.59 Å². The molecule has 0 aromatic rings. The van der Waals surface area contributed by atoms with Gasteiger partial charge in [-0.15, -0.1) is 0 Å². The first kappa shape index (κ1) is 24.8. The van der Waals surface area contributed by atoms with E-state index < -0.39 is 0 Å². The maximum Gasteiger partial charge on any atom is 0.234 e. The summed E-state index contributed by atoms with van der Waals surface area (Å²) in [4.78, 5) is 33.6. The Kier molecular flexibility index (Phi) is 13.1. The van der Waals surface area contributed by atoms with Gasteiger partial charge in [0, 0.05) is 52.4 Å². The van der Waals surface area contributed by atoms with Crippen molar-refractivity contribution in [1.82, 2.24) is 30.2 Å². The van der Waals surface area contributed by atoms with Gasteiger partial charge in [0.25, 0.3) is 0 Å². The number of hydrogen-bond acceptors (Lipinski definition) is 6. The molecule has 0 atom stereocenters.